The van der Waals surface area contributed by atoms with Gasteiger partial charge in [0.25, 0.3) is 5.56 Å². The summed E-state index contributed by atoms with van der Waals surface area (Å²) in [5.41, 5.74) is 12.4. The van der Waals surface area contributed by atoms with Crippen LogP contribution in [0.5, 0.6) is 0 Å². The third-order valence-electron chi connectivity index (χ3n) is 2.99. The largest absolute Gasteiger partial charge is 0.392 e. The first-order valence-electron chi connectivity index (χ1n) is 5.80. The number of rotatable bonds is 3. The highest BCUT2D eigenvalue weighted by molar-refractivity contribution is 6.31. The molecule has 0 aliphatic heterocycles. The molecule has 0 fully saturated rings. The summed E-state index contributed by atoms with van der Waals surface area (Å²) in [7, 11) is 0. The van der Waals surface area contributed by atoms with E-state index in [1.54, 1.807) is 18.2 Å². The summed E-state index contributed by atoms with van der Waals surface area (Å²) < 4.78 is 1.35. The zero-order valence-electron chi connectivity index (χ0n) is 10.8. The van der Waals surface area contributed by atoms with Crippen LogP contribution < -0.4 is 17.0 Å². The van der Waals surface area contributed by atoms with E-state index in [0.29, 0.717) is 5.56 Å². The molecule has 20 heavy (non-hydrogen) atoms. The fraction of sp³-hybridized carbons (Fsp3) is 0.154. The molecule has 0 aliphatic rings. The molecule has 0 spiro atoms. The number of amides is 1. The van der Waals surface area contributed by atoms with Crippen LogP contribution in [0.15, 0.2) is 29.3 Å². The number of benzene rings is 1. The standard InChI is InChI=1S/C13H13ClN4O2/c1-7-4-8(12(16)19)2-3-9(7)5-18-6-17-11(14)10(15)13(18)20/h2-4,6H,5,15H2,1H3,(H2,16,19). The number of hydrogen-bond donors (Lipinski definition) is 2. The molecule has 4 N–H and O–H groups in total. The van der Waals surface area contributed by atoms with Crippen molar-refractivity contribution in [1.82, 2.24) is 9.55 Å². The van der Waals surface area contributed by atoms with Gasteiger partial charge in [0.2, 0.25) is 5.91 Å². The van der Waals surface area contributed by atoms with Crippen molar-refractivity contribution in [2.75, 3.05) is 5.73 Å². The van der Waals surface area contributed by atoms with Gasteiger partial charge in [-0.3, -0.25) is 14.2 Å². The zero-order valence-corrected chi connectivity index (χ0v) is 11.5. The molecule has 104 valence electrons. The Bertz CT molecular complexity index is 740. The van der Waals surface area contributed by atoms with Crippen LogP contribution in [0.4, 0.5) is 5.69 Å². The van der Waals surface area contributed by atoms with Crippen molar-refractivity contribution >= 4 is 23.2 Å². The highest BCUT2D eigenvalue weighted by atomic mass is 35.5. The summed E-state index contributed by atoms with van der Waals surface area (Å²) in [5.74, 6) is -0.491. The Kier molecular flexibility index (Phi) is 3.76. The average Bonchev–Trinajstić information content (AvgIpc) is 2.41. The molecule has 0 saturated heterocycles. The molecule has 1 aromatic carbocycles. The molecule has 0 bridgehead atoms. The van der Waals surface area contributed by atoms with Crippen molar-refractivity contribution in [3.63, 3.8) is 0 Å². The van der Waals surface area contributed by atoms with Gasteiger partial charge in [0.1, 0.15) is 5.69 Å². The monoisotopic (exact) mass is 292 g/mol. The van der Waals surface area contributed by atoms with Crippen LogP contribution in [0, 0.1) is 6.92 Å². The first-order valence-corrected chi connectivity index (χ1v) is 6.17. The summed E-state index contributed by atoms with van der Waals surface area (Å²) in [5, 5.41) is -0.00736. The van der Waals surface area contributed by atoms with Crippen LogP contribution in [-0.4, -0.2) is 15.5 Å². The topological polar surface area (TPSA) is 104 Å². The first-order chi connectivity index (χ1) is 9.40. The molecule has 0 radical (unpaired) electrons. The fourth-order valence-corrected chi connectivity index (χ4v) is 1.93. The zero-order chi connectivity index (χ0) is 14.9. The van der Waals surface area contributed by atoms with Gasteiger partial charge in [-0.2, -0.15) is 0 Å². The lowest BCUT2D eigenvalue weighted by Gasteiger charge is -2.10. The SMILES string of the molecule is Cc1cc(C(N)=O)ccc1Cn1cnc(Cl)c(N)c1=O. The van der Waals surface area contributed by atoms with E-state index in [0.717, 1.165) is 11.1 Å². The van der Waals surface area contributed by atoms with Crippen LogP contribution in [0.2, 0.25) is 5.15 Å². The molecule has 0 atom stereocenters. The van der Waals surface area contributed by atoms with Crippen molar-refractivity contribution in [2.24, 2.45) is 5.73 Å². The molecule has 2 aromatic rings. The van der Waals surface area contributed by atoms with E-state index in [2.05, 4.69) is 4.98 Å². The fourth-order valence-electron chi connectivity index (χ4n) is 1.81. The van der Waals surface area contributed by atoms with Crippen LogP contribution in [0.25, 0.3) is 0 Å². The van der Waals surface area contributed by atoms with Gasteiger partial charge in [-0.25, -0.2) is 4.98 Å². The number of aromatic nitrogens is 2. The molecule has 0 aliphatic carbocycles. The minimum absolute atomic E-state index is 0.00736. The Morgan fingerprint density at radius 1 is 1.45 bits per heavy atom. The minimum Gasteiger partial charge on any atom is -0.392 e. The summed E-state index contributed by atoms with van der Waals surface area (Å²) >= 11 is 5.67. The van der Waals surface area contributed by atoms with Crippen molar-refractivity contribution < 1.29 is 4.79 Å². The molecule has 1 aromatic heterocycles. The molecule has 1 amide bonds. The van der Waals surface area contributed by atoms with Crippen molar-refractivity contribution in [2.45, 2.75) is 13.5 Å². The lowest BCUT2D eigenvalue weighted by Crippen LogP contribution is -2.24. The number of carbonyl (C=O) groups is 1. The van der Waals surface area contributed by atoms with Gasteiger partial charge < -0.3 is 11.5 Å². The van der Waals surface area contributed by atoms with Crippen LogP contribution in [0.3, 0.4) is 0 Å². The molecular weight excluding hydrogens is 280 g/mol. The Morgan fingerprint density at radius 2 is 2.15 bits per heavy atom. The number of halogens is 1. The molecule has 6 nitrogen and oxygen atoms in total. The van der Waals surface area contributed by atoms with Gasteiger partial charge >= 0.3 is 0 Å². The second-order valence-electron chi connectivity index (χ2n) is 4.39. The van der Waals surface area contributed by atoms with Gasteiger partial charge in [0.15, 0.2) is 5.15 Å². The van der Waals surface area contributed by atoms with Crippen molar-refractivity contribution in [3.8, 4) is 0 Å². The van der Waals surface area contributed by atoms with E-state index >= 15 is 0 Å². The maximum atomic E-state index is 11.9. The molecule has 0 saturated carbocycles. The number of aryl methyl sites for hydroxylation is 1. The summed E-state index contributed by atoms with van der Waals surface area (Å²) in [6, 6.07) is 5.03. The Morgan fingerprint density at radius 3 is 2.75 bits per heavy atom. The second kappa shape index (κ2) is 5.34. The van der Waals surface area contributed by atoms with E-state index in [-0.39, 0.29) is 17.4 Å². The van der Waals surface area contributed by atoms with Crippen LogP contribution in [0.1, 0.15) is 21.5 Å². The van der Waals surface area contributed by atoms with E-state index in [4.69, 9.17) is 23.1 Å². The highest BCUT2D eigenvalue weighted by Crippen LogP contribution is 2.13. The molecular formula is C13H13ClN4O2. The summed E-state index contributed by atoms with van der Waals surface area (Å²) in [6.45, 7) is 2.12. The normalized spacial score (nSPS) is 10.5. The Hall–Kier alpha value is -2.34. The Balaban J connectivity index is 2.38. The third kappa shape index (κ3) is 2.65. The Labute approximate surface area is 120 Å². The highest BCUT2D eigenvalue weighted by Gasteiger charge is 2.09. The van der Waals surface area contributed by atoms with Gasteiger partial charge in [0, 0.05) is 5.56 Å². The van der Waals surface area contributed by atoms with Crippen molar-refractivity contribution in [1.29, 1.82) is 0 Å². The van der Waals surface area contributed by atoms with Crippen molar-refractivity contribution in [3.05, 3.63) is 56.7 Å². The third-order valence-corrected chi connectivity index (χ3v) is 3.29. The molecule has 0 unspecified atom stereocenters. The first kappa shape index (κ1) is 14.1. The van der Waals surface area contributed by atoms with Gasteiger partial charge in [0.05, 0.1) is 12.9 Å². The van der Waals surface area contributed by atoms with E-state index in [1.165, 1.54) is 10.9 Å². The number of nitrogens with zero attached hydrogens (tertiary/aromatic N) is 2. The molecule has 7 heteroatoms. The maximum absolute atomic E-state index is 11.9. The van der Waals surface area contributed by atoms with Crippen LogP contribution in [-0.2, 0) is 6.54 Å². The van der Waals surface area contributed by atoms with E-state index in [9.17, 15) is 9.59 Å². The summed E-state index contributed by atoms with van der Waals surface area (Å²) in [4.78, 5) is 26.8. The summed E-state index contributed by atoms with van der Waals surface area (Å²) in [6.07, 6.45) is 1.34. The lowest BCUT2D eigenvalue weighted by molar-refractivity contribution is 0.1000. The molecule has 2 rings (SSSR count). The van der Waals surface area contributed by atoms with Crippen LogP contribution >= 0.6 is 11.6 Å². The number of nitrogens with two attached hydrogens (primary N) is 2. The number of nitrogen functional groups attached to an aromatic ring is 1. The predicted molar refractivity (Wildman–Crippen MR) is 76.7 cm³/mol. The molecule has 1 heterocycles. The maximum Gasteiger partial charge on any atom is 0.278 e. The number of primary amides is 1. The van der Waals surface area contributed by atoms with Gasteiger partial charge in [-0.1, -0.05) is 17.7 Å². The van der Waals surface area contributed by atoms with Gasteiger partial charge in [-0.05, 0) is 30.2 Å². The predicted octanol–water partition coefficient (Wildman–Crippen LogP) is 0.935. The van der Waals surface area contributed by atoms with Gasteiger partial charge in [-0.15, -0.1) is 0 Å². The number of anilines is 1. The minimum atomic E-state index is -0.491. The van der Waals surface area contributed by atoms with E-state index in [1.807, 2.05) is 6.92 Å². The quantitative estimate of drug-likeness (QED) is 0.821. The number of carbonyl (C=O) groups excluding carboxylic acids is 1. The average molecular weight is 293 g/mol. The van der Waals surface area contributed by atoms with E-state index < -0.39 is 11.5 Å². The number of hydrogen-bond acceptors (Lipinski definition) is 4. The smallest absolute Gasteiger partial charge is 0.278 e. The lowest BCUT2D eigenvalue weighted by atomic mass is 10.0. The second-order valence-corrected chi connectivity index (χ2v) is 4.75.